The maximum absolute atomic E-state index is 12.0. The van der Waals surface area contributed by atoms with Crippen LogP contribution in [0.15, 0.2) is 97.5 Å². The molecular formula is C25H18N6O3. The summed E-state index contributed by atoms with van der Waals surface area (Å²) < 4.78 is 5.79. The SMILES string of the molecule is O=[N+]([O-])c1c(Nc2ccc(Oc3ccccc3)cc2)ncnc1Nc1cccc2cccnc12. The summed E-state index contributed by atoms with van der Waals surface area (Å²) in [4.78, 5) is 24.0. The Bertz CT molecular complexity index is 1450. The highest BCUT2D eigenvalue weighted by Crippen LogP contribution is 2.34. The molecule has 0 bridgehead atoms. The zero-order valence-electron chi connectivity index (χ0n) is 17.8. The normalized spacial score (nSPS) is 10.6. The number of pyridine rings is 1. The van der Waals surface area contributed by atoms with Gasteiger partial charge in [0.15, 0.2) is 0 Å². The number of nitrogens with one attached hydrogen (secondary N) is 2. The quantitative estimate of drug-likeness (QED) is 0.222. The molecule has 0 spiro atoms. The standard InChI is InChI=1S/C25H18N6O3/c32-31(33)23-24(29-18-11-13-20(14-12-18)34-19-8-2-1-3-9-19)27-16-28-25(23)30-21-10-4-6-17-7-5-15-26-22(17)21/h1-16H,(H2,27,28,29,30). The van der Waals surface area contributed by atoms with Crippen molar-refractivity contribution < 1.29 is 9.66 Å². The van der Waals surface area contributed by atoms with E-state index in [4.69, 9.17) is 4.74 Å². The van der Waals surface area contributed by atoms with Crippen LogP contribution in [0.1, 0.15) is 0 Å². The highest BCUT2D eigenvalue weighted by molar-refractivity contribution is 5.93. The predicted molar refractivity (Wildman–Crippen MR) is 130 cm³/mol. The zero-order valence-corrected chi connectivity index (χ0v) is 17.8. The maximum Gasteiger partial charge on any atom is 0.353 e. The van der Waals surface area contributed by atoms with Crippen LogP contribution in [0.2, 0.25) is 0 Å². The van der Waals surface area contributed by atoms with Gasteiger partial charge in [0.2, 0.25) is 11.6 Å². The molecule has 2 heterocycles. The van der Waals surface area contributed by atoms with Crippen molar-refractivity contribution in [3.63, 3.8) is 0 Å². The molecule has 0 amide bonds. The minimum Gasteiger partial charge on any atom is -0.457 e. The van der Waals surface area contributed by atoms with Gasteiger partial charge in [0, 0.05) is 17.3 Å². The molecule has 34 heavy (non-hydrogen) atoms. The molecule has 3 aromatic carbocycles. The predicted octanol–water partition coefficient (Wildman–Crippen LogP) is 6.21. The Morgan fingerprint density at radius 1 is 0.735 bits per heavy atom. The number of hydrogen-bond acceptors (Lipinski definition) is 8. The number of hydrogen-bond donors (Lipinski definition) is 2. The lowest BCUT2D eigenvalue weighted by molar-refractivity contribution is -0.383. The molecule has 9 nitrogen and oxygen atoms in total. The summed E-state index contributed by atoms with van der Waals surface area (Å²) in [6.07, 6.45) is 2.93. The summed E-state index contributed by atoms with van der Waals surface area (Å²) in [5.74, 6) is 1.48. The molecule has 2 aromatic heterocycles. The van der Waals surface area contributed by atoms with E-state index in [9.17, 15) is 10.1 Å². The molecule has 0 aliphatic carbocycles. The molecule has 9 heteroatoms. The fourth-order valence-electron chi connectivity index (χ4n) is 3.43. The Morgan fingerprint density at radius 2 is 1.44 bits per heavy atom. The van der Waals surface area contributed by atoms with Crippen molar-refractivity contribution in [2.45, 2.75) is 0 Å². The second kappa shape index (κ2) is 9.21. The number of nitro groups is 1. The lowest BCUT2D eigenvalue weighted by Gasteiger charge is -2.12. The number of para-hydroxylation sites is 2. The first-order valence-electron chi connectivity index (χ1n) is 10.4. The summed E-state index contributed by atoms with van der Waals surface area (Å²) in [7, 11) is 0. The highest BCUT2D eigenvalue weighted by atomic mass is 16.6. The van der Waals surface area contributed by atoms with Crippen LogP contribution in [0.4, 0.5) is 28.7 Å². The second-order valence-corrected chi connectivity index (χ2v) is 7.25. The molecule has 0 fully saturated rings. The van der Waals surface area contributed by atoms with Crippen molar-refractivity contribution in [3.05, 3.63) is 108 Å². The fraction of sp³-hybridized carbons (Fsp3) is 0. The van der Waals surface area contributed by atoms with Crippen LogP contribution in [-0.2, 0) is 0 Å². The lowest BCUT2D eigenvalue weighted by atomic mass is 10.2. The third-order valence-electron chi connectivity index (χ3n) is 4.99. The summed E-state index contributed by atoms with van der Waals surface area (Å²) in [5.41, 5.74) is 1.62. The average molecular weight is 450 g/mol. The van der Waals surface area contributed by atoms with E-state index in [1.165, 1.54) is 6.33 Å². The monoisotopic (exact) mass is 450 g/mol. The van der Waals surface area contributed by atoms with Gasteiger partial charge >= 0.3 is 5.69 Å². The molecule has 0 saturated carbocycles. The van der Waals surface area contributed by atoms with Crippen molar-refractivity contribution in [1.82, 2.24) is 15.0 Å². The Hall–Kier alpha value is -5.05. The van der Waals surface area contributed by atoms with Crippen LogP contribution >= 0.6 is 0 Å². The molecular weight excluding hydrogens is 432 g/mol. The van der Waals surface area contributed by atoms with E-state index in [2.05, 4.69) is 25.6 Å². The minimum absolute atomic E-state index is 0.0599. The maximum atomic E-state index is 12.0. The number of benzene rings is 3. The minimum atomic E-state index is -0.518. The molecule has 5 rings (SSSR count). The Balaban J connectivity index is 1.41. The number of ether oxygens (including phenoxy) is 1. The topological polar surface area (TPSA) is 115 Å². The van der Waals surface area contributed by atoms with E-state index in [1.807, 2.05) is 54.6 Å². The molecule has 166 valence electrons. The van der Waals surface area contributed by atoms with Crippen molar-refractivity contribution in [2.24, 2.45) is 0 Å². The summed E-state index contributed by atoms with van der Waals surface area (Å²) in [6, 6.07) is 25.7. The van der Waals surface area contributed by atoms with E-state index < -0.39 is 4.92 Å². The summed E-state index contributed by atoms with van der Waals surface area (Å²) in [5, 5.41) is 18.9. The van der Waals surface area contributed by atoms with E-state index in [0.717, 1.165) is 5.39 Å². The van der Waals surface area contributed by atoms with E-state index in [1.54, 1.807) is 36.5 Å². The number of fused-ring (bicyclic) bond motifs is 1. The summed E-state index contributed by atoms with van der Waals surface area (Å²) in [6.45, 7) is 0. The van der Waals surface area contributed by atoms with Crippen LogP contribution in [0.25, 0.3) is 10.9 Å². The molecule has 2 N–H and O–H groups in total. The Morgan fingerprint density at radius 3 is 2.21 bits per heavy atom. The molecule has 5 aromatic rings. The number of rotatable bonds is 7. The molecule has 0 aliphatic heterocycles. The van der Waals surface area contributed by atoms with Crippen molar-refractivity contribution in [2.75, 3.05) is 10.6 Å². The molecule has 0 radical (unpaired) electrons. The van der Waals surface area contributed by atoms with Crippen molar-refractivity contribution >= 4 is 39.6 Å². The van der Waals surface area contributed by atoms with Gasteiger partial charge in [0.05, 0.1) is 16.1 Å². The number of anilines is 4. The second-order valence-electron chi connectivity index (χ2n) is 7.25. The van der Waals surface area contributed by atoms with Gasteiger partial charge in [-0.25, -0.2) is 9.97 Å². The van der Waals surface area contributed by atoms with Crippen LogP contribution in [0.3, 0.4) is 0 Å². The molecule has 0 aliphatic rings. The summed E-state index contributed by atoms with van der Waals surface area (Å²) >= 11 is 0. The van der Waals surface area contributed by atoms with Crippen molar-refractivity contribution in [1.29, 1.82) is 0 Å². The van der Waals surface area contributed by atoms with Crippen LogP contribution in [0, 0.1) is 10.1 Å². The van der Waals surface area contributed by atoms with Gasteiger partial charge in [0.25, 0.3) is 0 Å². The zero-order chi connectivity index (χ0) is 23.3. The Labute approximate surface area is 194 Å². The van der Waals surface area contributed by atoms with Crippen LogP contribution < -0.4 is 15.4 Å². The van der Waals surface area contributed by atoms with Gasteiger partial charge in [-0.2, -0.15) is 0 Å². The molecule has 0 atom stereocenters. The average Bonchev–Trinajstić information content (AvgIpc) is 2.86. The van der Waals surface area contributed by atoms with Crippen LogP contribution in [-0.4, -0.2) is 19.9 Å². The van der Waals surface area contributed by atoms with Crippen LogP contribution in [0.5, 0.6) is 11.5 Å². The first-order valence-corrected chi connectivity index (χ1v) is 10.4. The third kappa shape index (κ3) is 4.44. The lowest BCUT2D eigenvalue weighted by Crippen LogP contribution is -2.06. The van der Waals surface area contributed by atoms with E-state index in [-0.39, 0.29) is 17.3 Å². The van der Waals surface area contributed by atoms with Gasteiger partial charge in [-0.05, 0) is 48.5 Å². The van der Waals surface area contributed by atoms with Gasteiger partial charge in [-0.1, -0.05) is 36.4 Å². The number of nitrogens with zero attached hydrogens (tertiary/aromatic N) is 4. The number of aromatic nitrogens is 3. The molecule has 0 unspecified atom stereocenters. The smallest absolute Gasteiger partial charge is 0.353 e. The van der Waals surface area contributed by atoms with Gasteiger partial charge in [-0.15, -0.1) is 0 Å². The molecule has 0 saturated heterocycles. The fourth-order valence-corrected chi connectivity index (χ4v) is 3.43. The van der Waals surface area contributed by atoms with Gasteiger partial charge in [0.1, 0.15) is 17.8 Å². The third-order valence-corrected chi connectivity index (χ3v) is 4.99. The van der Waals surface area contributed by atoms with E-state index in [0.29, 0.717) is 28.4 Å². The van der Waals surface area contributed by atoms with Gasteiger partial charge in [-0.3, -0.25) is 15.1 Å². The Kier molecular flexibility index (Phi) is 5.64. The van der Waals surface area contributed by atoms with Crippen molar-refractivity contribution in [3.8, 4) is 11.5 Å². The first-order chi connectivity index (χ1) is 16.7. The van der Waals surface area contributed by atoms with E-state index >= 15 is 0 Å². The largest absolute Gasteiger partial charge is 0.457 e. The first kappa shape index (κ1) is 20.8. The highest BCUT2D eigenvalue weighted by Gasteiger charge is 2.24. The van der Waals surface area contributed by atoms with Gasteiger partial charge < -0.3 is 15.4 Å².